The molecule has 0 unspecified atom stereocenters. The first-order valence-electron chi connectivity index (χ1n) is 12.7. The van der Waals surface area contributed by atoms with Crippen molar-refractivity contribution in [2.75, 3.05) is 19.7 Å². The number of carbonyl (C=O) groups is 2. The number of hydrogen-bond acceptors (Lipinski definition) is 6. The van der Waals surface area contributed by atoms with E-state index in [1.54, 1.807) is 11.8 Å². The Morgan fingerprint density at radius 1 is 1.05 bits per heavy atom. The average molecular weight is 517 g/mol. The van der Waals surface area contributed by atoms with Crippen molar-refractivity contribution in [2.24, 2.45) is 5.73 Å². The van der Waals surface area contributed by atoms with Crippen molar-refractivity contribution < 1.29 is 14.3 Å². The van der Waals surface area contributed by atoms with Crippen LogP contribution < -0.4 is 5.73 Å². The van der Waals surface area contributed by atoms with Crippen molar-refractivity contribution in [2.45, 2.75) is 54.7 Å². The molecule has 2 saturated heterocycles. The first kappa shape index (κ1) is 25.3. The fraction of sp³-hybridized carbons (Fsp3) is 0.345. The monoisotopic (exact) mass is 516 g/mol. The molecule has 3 aromatic rings. The van der Waals surface area contributed by atoms with Gasteiger partial charge in [-0.2, -0.15) is 0 Å². The summed E-state index contributed by atoms with van der Waals surface area (Å²) in [5.41, 5.74) is 9.58. The first-order valence-corrected chi connectivity index (χ1v) is 13.5. The second-order valence-corrected chi connectivity index (χ2v) is 10.8. The molecule has 2 amide bonds. The number of cyclic esters (lactones) is 1. The Balaban J connectivity index is 1.16. The number of pyridine rings is 1. The van der Waals surface area contributed by atoms with Crippen LogP contribution in [-0.2, 0) is 22.5 Å². The van der Waals surface area contributed by atoms with Gasteiger partial charge in [0.05, 0.1) is 12.5 Å². The Bertz CT molecular complexity index is 1240. The SMILES string of the molecule is Cc1nc(Sc2ccc(CC(N)=O)cc2)ccc1CN1CCC(N2C(=O)OC[C@H]2c2ccccc2)CC1. The number of likely N-dealkylation sites (tertiary alicyclic amines) is 1. The zero-order valence-corrected chi connectivity index (χ0v) is 21.8. The van der Waals surface area contributed by atoms with Gasteiger partial charge in [-0.3, -0.25) is 14.6 Å². The molecule has 2 N–H and O–H groups in total. The molecule has 3 heterocycles. The van der Waals surface area contributed by atoms with Crippen LogP contribution in [0.1, 0.15) is 41.3 Å². The van der Waals surface area contributed by atoms with Crippen LogP contribution in [-0.4, -0.2) is 52.5 Å². The third kappa shape index (κ3) is 6.14. The van der Waals surface area contributed by atoms with Crippen LogP contribution in [0.25, 0.3) is 0 Å². The molecule has 1 atom stereocenters. The Hall–Kier alpha value is -3.36. The number of aromatic nitrogens is 1. The quantitative estimate of drug-likeness (QED) is 0.466. The maximum atomic E-state index is 12.6. The van der Waals surface area contributed by atoms with Gasteiger partial charge in [0.25, 0.3) is 0 Å². The third-order valence-corrected chi connectivity index (χ3v) is 8.08. The van der Waals surface area contributed by atoms with Gasteiger partial charge in [0.1, 0.15) is 11.6 Å². The van der Waals surface area contributed by atoms with Crippen molar-refractivity contribution in [3.63, 3.8) is 0 Å². The minimum absolute atomic E-state index is 0.00101. The van der Waals surface area contributed by atoms with Gasteiger partial charge in [-0.15, -0.1) is 0 Å². The van der Waals surface area contributed by atoms with Crippen molar-refractivity contribution in [1.82, 2.24) is 14.8 Å². The highest BCUT2D eigenvalue weighted by Crippen LogP contribution is 2.33. The summed E-state index contributed by atoms with van der Waals surface area (Å²) in [6.07, 6.45) is 1.93. The number of primary amides is 1. The van der Waals surface area contributed by atoms with Crippen molar-refractivity contribution >= 4 is 23.8 Å². The number of ether oxygens (including phenoxy) is 1. The summed E-state index contributed by atoms with van der Waals surface area (Å²) in [5.74, 6) is -0.326. The molecule has 8 heteroatoms. The summed E-state index contributed by atoms with van der Waals surface area (Å²) < 4.78 is 5.44. The maximum absolute atomic E-state index is 12.6. The standard InChI is InChI=1S/C29H32N4O3S/c1-20-23(9-12-28(31-20)37-25-10-7-21(8-11-25)17-27(30)34)18-32-15-13-24(14-16-32)33-26(19-36-29(33)35)22-5-3-2-4-6-22/h2-12,24,26H,13-19H2,1H3,(H2,30,34)/t26-/m0/s1. The van der Waals surface area contributed by atoms with Crippen LogP contribution in [0.2, 0.25) is 0 Å². The minimum atomic E-state index is -0.326. The number of hydrogen-bond donors (Lipinski definition) is 1. The van der Waals surface area contributed by atoms with Crippen LogP contribution in [0.4, 0.5) is 4.79 Å². The highest BCUT2D eigenvalue weighted by atomic mass is 32.2. The molecule has 0 aliphatic carbocycles. The normalized spacial score (nSPS) is 18.7. The topological polar surface area (TPSA) is 88.8 Å². The van der Waals surface area contributed by atoms with E-state index in [4.69, 9.17) is 15.5 Å². The second kappa shape index (κ2) is 11.4. The predicted octanol–water partition coefficient (Wildman–Crippen LogP) is 4.73. The van der Waals surface area contributed by atoms with E-state index in [2.05, 4.69) is 36.1 Å². The van der Waals surface area contributed by atoms with E-state index in [0.29, 0.717) is 6.61 Å². The molecule has 1 aromatic heterocycles. The lowest BCUT2D eigenvalue weighted by Crippen LogP contribution is -2.46. The van der Waals surface area contributed by atoms with Gasteiger partial charge in [-0.25, -0.2) is 9.78 Å². The van der Waals surface area contributed by atoms with Crippen molar-refractivity contribution in [1.29, 1.82) is 0 Å². The fourth-order valence-corrected chi connectivity index (χ4v) is 5.98. The number of rotatable bonds is 8. The van der Waals surface area contributed by atoms with E-state index < -0.39 is 0 Å². The number of nitrogens with zero attached hydrogens (tertiary/aromatic N) is 3. The van der Waals surface area contributed by atoms with E-state index in [1.165, 1.54) is 5.56 Å². The van der Waals surface area contributed by atoms with Gasteiger partial charge in [-0.05, 0) is 54.7 Å². The van der Waals surface area contributed by atoms with Gasteiger partial charge in [0.2, 0.25) is 5.91 Å². The van der Waals surface area contributed by atoms with Crippen molar-refractivity contribution in [3.8, 4) is 0 Å². The Kier molecular flexibility index (Phi) is 7.76. The molecule has 0 saturated carbocycles. The van der Waals surface area contributed by atoms with E-state index in [0.717, 1.165) is 59.2 Å². The molecule has 0 radical (unpaired) electrons. The fourth-order valence-electron chi connectivity index (χ4n) is 5.15. The van der Waals surface area contributed by atoms with Crippen molar-refractivity contribution in [3.05, 3.63) is 89.1 Å². The number of benzene rings is 2. The van der Waals surface area contributed by atoms with Gasteiger partial charge in [0, 0.05) is 36.3 Å². The molecule has 192 valence electrons. The van der Waals surface area contributed by atoms with Crippen LogP contribution in [0, 0.1) is 6.92 Å². The summed E-state index contributed by atoms with van der Waals surface area (Å²) in [6.45, 7) is 5.21. The average Bonchev–Trinajstić information content (AvgIpc) is 3.29. The van der Waals surface area contributed by atoms with Crippen LogP contribution >= 0.6 is 11.8 Å². The number of nitrogens with two attached hydrogens (primary N) is 1. The Morgan fingerprint density at radius 2 is 1.78 bits per heavy atom. The second-order valence-electron chi connectivity index (χ2n) is 9.70. The Morgan fingerprint density at radius 3 is 2.46 bits per heavy atom. The number of piperidine rings is 1. The minimum Gasteiger partial charge on any atom is -0.447 e. The van der Waals surface area contributed by atoms with Crippen LogP contribution in [0.5, 0.6) is 0 Å². The van der Waals surface area contributed by atoms with Crippen LogP contribution in [0.15, 0.2) is 76.7 Å². The molecule has 7 nitrogen and oxygen atoms in total. The zero-order chi connectivity index (χ0) is 25.8. The van der Waals surface area contributed by atoms with Gasteiger partial charge < -0.3 is 10.5 Å². The molecule has 2 aromatic carbocycles. The summed E-state index contributed by atoms with van der Waals surface area (Å²) in [5, 5.41) is 0.946. The largest absolute Gasteiger partial charge is 0.447 e. The maximum Gasteiger partial charge on any atom is 0.410 e. The summed E-state index contributed by atoms with van der Waals surface area (Å²) in [7, 11) is 0. The molecular weight excluding hydrogens is 484 g/mol. The van der Waals surface area contributed by atoms with Gasteiger partial charge in [0.15, 0.2) is 0 Å². The molecule has 0 spiro atoms. The smallest absolute Gasteiger partial charge is 0.410 e. The number of carbonyl (C=O) groups excluding carboxylic acids is 2. The first-order chi connectivity index (χ1) is 18.0. The molecule has 37 heavy (non-hydrogen) atoms. The third-order valence-electron chi connectivity index (χ3n) is 7.13. The summed E-state index contributed by atoms with van der Waals surface area (Å²) in [6, 6.07) is 22.5. The number of amides is 2. The molecule has 2 fully saturated rings. The van der Waals surface area contributed by atoms with Gasteiger partial charge in [-0.1, -0.05) is 60.3 Å². The Labute approximate surface area is 222 Å². The zero-order valence-electron chi connectivity index (χ0n) is 21.0. The predicted molar refractivity (Wildman–Crippen MR) is 143 cm³/mol. The highest BCUT2D eigenvalue weighted by molar-refractivity contribution is 7.99. The van der Waals surface area contributed by atoms with E-state index in [9.17, 15) is 9.59 Å². The lowest BCUT2D eigenvalue weighted by Gasteiger charge is -2.38. The number of aryl methyl sites for hydroxylation is 1. The van der Waals surface area contributed by atoms with E-state index >= 15 is 0 Å². The molecule has 0 bridgehead atoms. The van der Waals surface area contributed by atoms with Gasteiger partial charge >= 0.3 is 6.09 Å². The van der Waals surface area contributed by atoms with Crippen LogP contribution in [0.3, 0.4) is 0 Å². The highest BCUT2D eigenvalue weighted by Gasteiger charge is 2.40. The molecule has 2 aliphatic rings. The van der Waals surface area contributed by atoms with E-state index in [-0.39, 0.29) is 30.5 Å². The molecule has 2 aliphatic heterocycles. The molecule has 5 rings (SSSR count). The van der Waals surface area contributed by atoms with E-state index in [1.807, 2.05) is 47.4 Å². The lowest BCUT2D eigenvalue weighted by atomic mass is 9.99. The summed E-state index contributed by atoms with van der Waals surface area (Å²) in [4.78, 5) is 34.0. The molecular formula is C29H32N4O3S. The summed E-state index contributed by atoms with van der Waals surface area (Å²) >= 11 is 1.61. The lowest BCUT2D eigenvalue weighted by molar-refractivity contribution is -0.117.